The molecule has 1 rings (SSSR count). The van der Waals surface area contributed by atoms with E-state index in [0.29, 0.717) is 5.69 Å². The van der Waals surface area contributed by atoms with Crippen molar-refractivity contribution in [2.75, 3.05) is 5.32 Å². The normalized spacial score (nSPS) is 13.1. The third-order valence-electron chi connectivity index (χ3n) is 2.41. The number of nitrogens with one attached hydrogen (secondary N) is 1. The van der Waals surface area contributed by atoms with Gasteiger partial charge in [0.1, 0.15) is 6.54 Å². The van der Waals surface area contributed by atoms with E-state index >= 15 is 0 Å². The van der Waals surface area contributed by atoms with E-state index in [9.17, 15) is 9.59 Å². The number of amides is 1. The second-order valence-electron chi connectivity index (χ2n) is 5.15. The van der Waals surface area contributed by atoms with Crippen LogP contribution in [-0.2, 0) is 16.1 Å². The first-order valence-electron chi connectivity index (χ1n) is 5.51. The Morgan fingerprint density at radius 2 is 2.17 bits per heavy atom. The largest absolute Gasteiger partial charge is 0.480 e. The Bertz CT molecular complexity index is 447. The van der Waals surface area contributed by atoms with Crippen LogP contribution < -0.4 is 11.1 Å². The van der Waals surface area contributed by atoms with Crippen LogP contribution in [0.1, 0.15) is 20.8 Å². The zero-order valence-corrected chi connectivity index (χ0v) is 10.7. The lowest BCUT2D eigenvalue weighted by atomic mass is 9.87. The number of carboxylic acids is 1. The van der Waals surface area contributed by atoms with Crippen molar-refractivity contribution in [1.29, 1.82) is 0 Å². The minimum atomic E-state index is -0.998. The fraction of sp³-hybridized carbons (Fsp3) is 0.545. The average Bonchev–Trinajstić information content (AvgIpc) is 2.61. The number of aromatic nitrogens is 2. The number of carboxylic acid groups (broad SMARTS) is 1. The second kappa shape index (κ2) is 5.18. The molecule has 0 radical (unpaired) electrons. The number of aliphatic carboxylic acids is 1. The molecule has 0 bridgehead atoms. The van der Waals surface area contributed by atoms with E-state index in [4.69, 9.17) is 10.8 Å². The molecule has 1 heterocycles. The van der Waals surface area contributed by atoms with Gasteiger partial charge in [-0.3, -0.25) is 14.3 Å². The smallest absolute Gasteiger partial charge is 0.325 e. The maximum Gasteiger partial charge on any atom is 0.325 e. The summed E-state index contributed by atoms with van der Waals surface area (Å²) < 4.78 is 1.22. The van der Waals surface area contributed by atoms with E-state index in [1.54, 1.807) is 0 Å². The van der Waals surface area contributed by atoms with Gasteiger partial charge in [0.25, 0.3) is 0 Å². The van der Waals surface area contributed by atoms with Crippen LogP contribution in [-0.4, -0.2) is 32.8 Å². The highest BCUT2D eigenvalue weighted by Gasteiger charge is 2.27. The maximum atomic E-state index is 11.8. The number of nitrogens with zero attached hydrogens (tertiary/aromatic N) is 2. The van der Waals surface area contributed by atoms with Gasteiger partial charge >= 0.3 is 5.97 Å². The first-order valence-corrected chi connectivity index (χ1v) is 5.51. The molecule has 0 fully saturated rings. The first kappa shape index (κ1) is 14.2. The molecule has 1 amide bonds. The molecule has 1 aromatic rings. The zero-order valence-electron chi connectivity index (χ0n) is 10.7. The molecule has 0 aliphatic rings. The van der Waals surface area contributed by atoms with Gasteiger partial charge in [-0.1, -0.05) is 20.8 Å². The predicted molar refractivity (Wildman–Crippen MR) is 65.9 cm³/mol. The summed E-state index contributed by atoms with van der Waals surface area (Å²) in [6.07, 6.45) is 2.83. The van der Waals surface area contributed by atoms with Crippen molar-refractivity contribution in [3.8, 4) is 0 Å². The van der Waals surface area contributed by atoms with Crippen molar-refractivity contribution in [1.82, 2.24) is 9.78 Å². The molecule has 0 aliphatic carbocycles. The van der Waals surface area contributed by atoms with Crippen molar-refractivity contribution < 1.29 is 14.7 Å². The van der Waals surface area contributed by atoms with Gasteiger partial charge in [0, 0.05) is 6.20 Å². The monoisotopic (exact) mass is 254 g/mol. The Morgan fingerprint density at radius 3 is 2.67 bits per heavy atom. The Balaban J connectivity index is 2.65. The number of carbonyl (C=O) groups is 2. The summed E-state index contributed by atoms with van der Waals surface area (Å²) in [5.74, 6) is -1.32. The van der Waals surface area contributed by atoms with Crippen LogP contribution in [0.25, 0.3) is 0 Å². The van der Waals surface area contributed by atoms with Crippen molar-refractivity contribution >= 4 is 17.6 Å². The quantitative estimate of drug-likeness (QED) is 0.714. The minimum absolute atomic E-state index is 0.249. The summed E-state index contributed by atoms with van der Waals surface area (Å²) in [4.78, 5) is 22.3. The highest BCUT2D eigenvalue weighted by Crippen LogP contribution is 2.18. The lowest BCUT2D eigenvalue weighted by Gasteiger charge is -2.25. The molecule has 7 heteroatoms. The number of nitrogens with two attached hydrogens (primary N) is 1. The van der Waals surface area contributed by atoms with Crippen LogP contribution >= 0.6 is 0 Å². The SMILES string of the molecule is CC(C)(C)[C@H](N)C(=O)Nc1cnn(CC(=O)O)c1. The Morgan fingerprint density at radius 1 is 1.56 bits per heavy atom. The minimum Gasteiger partial charge on any atom is -0.480 e. The van der Waals surface area contributed by atoms with Crippen LogP contribution in [0.2, 0.25) is 0 Å². The highest BCUT2D eigenvalue weighted by atomic mass is 16.4. The summed E-state index contributed by atoms with van der Waals surface area (Å²) in [5.41, 5.74) is 5.88. The summed E-state index contributed by atoms with van der Waals surface area (Å²) in [7, 11) is 0. The molecule has 0 aromatic carbocycles. The predicted octanol–water partition coefficient (Wildman–Crippen LogP) is 0.280. The summed E-state index contributed by atoms with van der Waals surface area (Å²) >= 11 is 0. The van der Waals surface area contributed by atoms with Gasteiger partial charge in [0.2, 0.25) is 5.91 Å². The molecular weight excluding hydrogens is 236 g/mol. The molecular formula is C11H18N4O3. The summed E-state index contributed by atoms with van der Waals surface area (Å²) in [5, 5.41) is 15.0. The van der Waals surface area contributed by atoms with Crippen LogP contribution in [0.15, 0.2) is 12.4 Å². The fourth-order valence-corrected chi connectivity index (χ4v) is 1.27. The van der Waals surface area contributed by atoms with Crippen LogP contribution in [0, 0.1) is 5.41 Å². The van der Waals surface area contributed by atoms with Gasteiger partial charge in [-0.25, -0.2) is 0 Å². The van der Waals surface area contributed by atoms with Gasteiger partial charge in [-0.2, -0.15) is 5.10 Å². The highest BCUT2D eigenvalue weighted by molar-refractivity contribution is 5.95. The lowest BCUT2D eigenvalue weighted by molar-refractivity contribution is -0.137. The van der Waals surface area contributed by atoms with E-state index in [0.717, 1.165) is 0 Å². The summed E-state index contributed by atoms with van der Waals surface area (Å²) in [6.45, 7) is 5.35. The molecule has 18 heavy (non-hydrogen) atoms. The van der Waals surface area contributed by atoms with Gasteiger partial charge in [-0.05, 0) is 5.41 Å². The standard InChI is InChI=1S/C11H18N4O3/c1-11(2,3)9(12)10(18)14-7-4-13-15(5-7)6-8(16)17/h4-5,9H,6,12H2,1-3H3,(H,14,18)(H,16,17)/t9-/m1/s1. The zero-order chi connectivity index (χ0) is 13.9. The van der Waals surface area contributed by atoms with Gasteiger partial charge in [-0.15, -0.1) is 0 Å². The number of anilines is 1. The van der Waals surface area contributed by atoms with Crippen LogP contribution in [0.3, 0.4) is 0 Å². The van der Waals surface area contributed by atoms with E-state index in [1.807, 2.05) is 20.8 Å². The van der Waals surface area contributed by atoms with E-state index in [1.165, 1.54) is 17.1 Å². The summed E-state index contributed by atoms with van der Waals surface area (Å²) in [6, 6.07) is -0.652. The van der Waals surface area contributed by atoms with Crippen molar-refractivity contribution in [3.05, 3.63) is 12.4 Å². The number of carbonyl (C=O) groups excluding carboxylic acids is 1. The molecule has 1 atom stereocenters. The molecule has 0 saturated heterocycles. The molecule has 0 unspecified atom stereocenters. The maximum absolute atomic E-state index is 11.8. The second-order valence-corrected chi connectivity index (χ2v) is 5.15. The third-order valence-corrected chi connectivity index (χ3v) is 2.41. The first-order chi connectivity index (χ1) is 8.20. The van der Waals surface area contributed by atoms with Crippen LogP contribution in [0.4, 0.5) is 5.69 Å². The third kappa shape index (κ3) is 3.85. The molecule has 100 valence electrons. The van der Waals surface area contributed by atoms with Crippen molar-refractivity contribution in [3.63, 3.8) is 0 Å². The topological polar surface area (TPSA) is 110 Å². The molecule has 1 aromatic heterocycles. The Kier molecular flexibility index (Phi) is 4.07. The molecule has 0 aliphatic heterocycles. The molecule has 4 N–H and O–H groups in total. The van der Waals surface area contributed by atoms with Gasteiger partial charge in [0.15, 0.2) is 0 Å². The molecule has 0 saturated carbocycles. The average molecular weight is 254 g/mol. The molecule has 0 spiro atoms. The molecule has 7 nitrogen and oxygen atoms in total. The number of hydrogen-bond donors (Lipinski definition) is 3. The van der Waals surface area contributed by atoms with Crippen molar-refractivity contribution in [2.45, 2.75) is 33.4 Å². The van der Waals surface area contributed by atoms with Gasteiger partial charge in [0.05, 0.1) is 17.9 Å². The number of hydrogen-bond acceptors (Lipinski definition) is 4. The Labute approximate surface area is 105 Å². The fourth-order valence-electron chi connectivity index (χ4n) is 1.27. The van der Waals surface area contributed by atoms with Crippen LogP contribution in [0.5, 0.6) is 0 Å². The van der Waals surface area contributed by atoms with E-state index in [-0.39, 0.29) is 17.9 Å². The Hall–Kier alpha value is -1.89. The number of rotatable bonds is 4. The van der Waals surface area contributed by atoms with Gasteiger partial charge < -0.3 is 16.2 Å². The van der Waals surface area contributed by atoms with Crippen molar-refractivity contribution in [2.24, 2.45) is 11.1 Å². The lowest BCUT2D eigenvalue weighted by Crippen LogP contribution is -2.45. The van der Waals surface area contributed by atoms with E-state index < -0.39 is 12.0 Å². The van der Waals surface area contributed by atoms with E-state index in [2.05, 4.69) is 10.4 Å².